The smallest absolute Gasteiger partial charge is 0.258 e. The second kappa shape index (κ2) is 6.54. The van der Waals surface area contributed by atoms with E-state index < -0.39 is 0 Å². The lowest BCUT2D eigenvalue weighted by Gasteiger charge is -2.07. The lowest BCUT2D eigenvalue weighted by atomic mass is 10.1. The summed E-state index contributed by atoms with van der Waals surface area (Å²) in [7, 11) is 1.88. The number of carbonyl (C=O) groups is 1. The van der Waals surface area contributed by atoms with Crippen LogP contribution in [0.2, 0.25) is 0 Å². The van der Waals surface area contributed by atoms with Crippen molar-refractivity contribution < 1.29 is 4.79 Å². The molecule has 7 heteroatoms. The molecule has 28 heavy (non-hydrogen) atoms. The van der Waals surface area contributed by atoms with Crippen LogP contribution in [0.15, 0.2) is 55.0 Å². The molecule has 0 spiro atoms. The van der Waals surface area contributed by atoms with Crippen LogP contribution in [0.25, 0.3) is 22.0 Å². The van der Waals surface area contributed by atoms with Gasteiger partial charge in [0.15, 0.2) is 0 Å². The van der Waals surface area contributed by atoms with E-state index in [1.807, 2.05) is 55.8 Å². The lowest BCUT2D eigenvalue weighted by Crippen LogP contribution is -2.14. The maximum atomic E-state index is 12.6. The molecule has 138 valence electrons. The predicted molar refractivity (Wildman–Crippen MR) is 107 cm³/mol. The number of nitrogens with zero attached hydrogens (tertiary/aromatic N) is 4. The van der Waals surface area contributed by atoms with Crippen LogP contribution in [0.3, 0.4) is 0 Å². The number of aromatic nitrogens is 4. The molecular formula is C21H18N6O. The van der Waals surface area contributed by atoms with Crippen LogP contribution in [-0.4, -0.2) is 25.7 Å². The summed E-state index contributed by atoms with van der Waals surface area (Å²) in [5.74, 6) is 0.0805. The molecule has 0 bridgehead atoms. The summed E-state index contributed by atoms with van der Waals surface area (Å²) in [5.41, 5.74) is 5.80. The molecule has 4 aromatic rings. The molecule has 7 nitrogen and oxygen atoms in total. The van der Waals surface area contributed by atoms with Crippen molar-refractivity contribution >= 4 is 22.8 Å². The summed E-state index contributed by atoms with van der Waals surface area (Å²) in [6, 6.07) is 11.7. The minimum atomic E-state index is -0.211. The van der Waals surface area contributed by atoms with Crippen LogP contribution in [-0.2, 0) is 20.1 Å². The highest BCUT2D eigenvalue weighted by Crippen LogP contribution is 2.23. The lowest BCUT2D eigenvalue weighted by molar-refractivity contribution is 0.102. The van der Waals surface area contributed by atoms with Gasteiger partial charge in [0.1, 0.15) is 0 Å². The first-order valence-corrected chi connectivity index (χ1v) is 9.05. The van der Waals surface area contributed by atoms with E-state index in [1.165, 1.54) is 5.56 Å². The van der Waals surface area contributed by atoms with Crippen molar-refractivity contribution in [2.45, 2.75) is 13.1 Å². The van der Waals surface area contributed by atoms with E-state index in [2.05, 4.69) is 25.7 Å². The number of anilines is 1. The zero-order chi connectivity index (χ0) is 19.1. The topological polar surface area (TPSA) is 84.7 Å². The van der Waals surface area contributed by atoms with Gasteiger partial charge in [-0.15, -0.1) is 0 Å². The van der Waals surface area contributed by atoms with Gasteiger partial charge in [-0.25, -0.2) is 9.97 Å². The SMILES string of the molecule is Cn1cc(-c2ccc3cnc(NC(=O)c4ccc5c(c4)CNC5)nc3c2)cn1. The van der Waals surface area contributed by atoms with Crippen molar-refractivity contribution in [1.82, 2.24) is 25.1 Å². The highest BCUT2D eigenvalue weighted by atomic mass is 16.1. The van der Waals surface area contributed by atoms with E-state index in [4.69, 9.17) is 0 Å². The molecule has 5 rings (SSSR count). The zero-order valence-corrected chi connectivity index (χ0v) is 15.3. The molecular weight excluding hydrogens is 352 g/mol. The largest absolute Gasteiger partial charge is 0.309 e. The molecule has 1 amide bonds. The third-order valence-corrected chi connectivity index (χ3v) is 4.95. The fourth-order valence-electron chi connectivity index (χ4n) is 3.44. The fourth-order valence-corrected chi connectivity index (χ4v) is 3.44. The summed E-state index contributed by atoms with van der Waals surface area (Å²) >= 11 is 0. The number of benzene rings is 2. The number of aryl methyl sites for hydroxylation is 1. The summed E-state index contributed by atoms with van der Waals surface area (Å²) in [6.45, 7) is 1.64. The normalized spacial score (nSPS) is 12.9. The van der Waals surface area contributed by atoms with E-state index in [-0.39, 0.29) is 5.91 Å². The number of carbonyl (C=O) groups excluding carboxylic acids is 1. The molecule has 0 radical (unpaired) electrons. The van der Waals surface area contributed by atoms with Crippen molar-refractivity contribution in [3.8, 4) is 11.1 Å². The van der Waals surface area contributed by atoms with Gasteiger partial charge < -0.3 is 5.32 Å². The summed E-state index contributed by atoms with van der Waals surface area (Å²) < 4.78 is 1.76. The standard InChI is InChI=1S/C21H18N6O/c1-27-12-18(11-24-27)13-2-5-16-10-23-21(25-19(16)7-13)26-20(28)14-3-4-15-8-22-9-17(15)6-14/h2-7,10-12,22H,8-9H2,1H3,(H,23,25,26,28). The van der Waals surface area contributed by atoms with Gasteiger partial charge in [0.05, 0.1) is 11.7 Å². The van der Waals surface area contributed by atoms with Gasteiger partial charge in [-0.3, -0.25) is 14.8 Å². The summed E-state index contributed by atoms with van der Waals surface area (Å²) in [4.78, 5) is 21.4. The molecule has 1 aliphatic heterocycles. The first kappa shape index (κ1) is 16.6. The van der Waals surface area contributed by atoms with E-state index in [0.717, 1.165) is 40.7 Å². The first-order chi connectivity index (χ1) is 13.7. The number of fused-ring (bicyclic) bond motifs is 2. The minimum Gasteiger partial charge on any atom is -0.309 e. The number of rotatable bonds is 3. The van der Waals surface area contributed by atoms with Crippen LogP contribution in [0, 0.1) is 0 Å². The van der Waals surface area contributed by atoms with Crippen molar-refractivity contribution in [1.29, 1.82) is 0 Å². The highest BCUT2D eigenvalue weighted by Gasteiger charge is 2.14. The minimum absolute atomic E-state index is 0.211. The van der Waals surface area contributed by atoms with E-state index >= 15 is 0 Å². The van der Waals surface area contributed by atoms with E-state index in [1.54, 1.807) is 10.9 Å². The molecule has 0 saturated carbocycles. The maximum Gasteiger partial charge on any atom is 0.258 e. The predicted octanol–water partition coefficient (Wildman–Crippen LogP) is 2.89. The Kier molecular flexibility index (Phi) is 3.87. The van der Waals surface area contributed by atoms with Crippen LogP contribution in [0.5, 0.6) is 0 Å². The fraction of sp³-hybridized carbons (Fsp3) is 0.143. The van der Waals surface area contributed by atoms with Crippen molar-refractivity contribution in [2.75, 3.05) is 5.32 Å². The van der Waals surface area contributed by atoms with Gasteiger partial charge in [0, 0.05) is 49.0 Å². The Morgan fingerprint density at radius 3 is 2.82 bits per heavy atom. The molecule has 0 unspecified atom stereocenters. The van der Waals surface area contributed by atoms with Crippen molar-refractivity contribution in [2.24, 2.45) is 7.05 Å². The van der Waals surface area contributed by atoms with E-state index in [0.29, 0.717) is 11.5 Å². The van der Waals surface area contributed by atoms with Crippen LogP contribution in [0.4, 0.5) is 5.95 Å². The van der Waals surface area contributed by atoms with Crippen molar-refractivity contribution in [3.63, 3.8) is 0 Å². The summed E-state index contributed by atoms with van der Waals surface area (Å²) in [6.07, 6.45) is 5.49. The van der Waals surface area contributed by atoms with Gasteiger partial charge in [-0.2, -0.15) is 5.10 Å². The van der Waals surface area contributed by atoms with Crippen LogP contribution >= 0.6 is 0 Å². The molecule has 0 fully saturated rings. The van der Waals surface area contributed by atoms with Crippen molar-refractivity contribution in [3.05, 3.63) is 71.7 Å². The van der Waals surface area contributed by atoms with Gasteiger partial charge in [-0.1, -0.05) is 18.2 Å². The Morgan fingerprint density at radius 2 is 1.96 bits per heavy atom. The Labute approximate surface area is 161 Å². The Morgan fingerprint density at radius 1 is 1.07 bits per heavy atom. The Balaban J connectivity index is 1.43. The first-order valence-electron chi connectivity index (χ1n) is 9.05. The van der Waals surface area contributed by atoms with E-state index in [9.17, 15) is 4.79 Å². The maximum absolute atomic E-state index is 12.6. The molecule has 3 heterocycles. The third-order valence-electron chi connectivity index (χ3n) is 4.95. The third kappa shape index (κ3) is 3.01. The second-order valence-electron chi connectivity index (χ2n) is 6.91. The molecule has 0 atom stereocenters. The molecule has 0 saturated heterocycles. The zero-order valence-electron chi connectivity index (χ0n) is 15.3. The van der Waals surface area contributed by atoms with Gasteiger partial charge >= 0.3 is 0 Å². The highest BCUT2D eigenvalue weighted by molar-refractivity contribution is 6.03. The quantitative estimate of drug-likeness (QED) is 0.579. The van der Waals surface area contributed by atoms with Crippen LogP contribution in [0.1, 0.15) is 21.5 Å². The Bertz CT molecular complexity index is 1210. The van der Waals surface area contributed by atoms with Gasteiger partial charge in [-0.05, 0) is 34.9 Å². The Hall–Kier alpha value is -3.58. The van der Waals surface area contributed by atoms with Gasteiger partial charge in [0.2, 0.25) is 5.95 Å². The molecule has 0 aliphatic carbocycles. The molecule has 2 aromatic heterocycles. The summed E-state index contributed by atoms with van der Waals surface area (Å²) in [5, 5.41) is 11.2. The number of nitrogens with one attached hydrogen (secondary N) is 2. The van der Waals surface area contributed by atoms with Crippen LogP contribution < -0.4 is 10.6 Å². The molecule has 1 aliphatic rings. The number of hydrogen-bond donors (Lipinski definition) is 2. The average Bonchev–Trinajstić information content (AvgIpc) is 3.35. The monoisotopic (exact) mass is 370 g/mol. The van der Waals surface area contributed by atoms with Gasteiger partial charge in [0.25, 0.3) is 5.91 Å². The number of amides is 1. The molecule has 2 N–H and O–H groups in total. The average molecular weight is 370 g/mol. The molecule has 2 aromatic carbocycles. The number of hydrogen-bond acceptors (Lipinski definition) is 5. The second-order valence-corrected chi connectivity index (χ2v) is 6.91.